The van der Waals surface area contributed by atoms with Crippen LogP contribution in [0.5, 0.6) is 0 Å². The molecule has 1 aromatic carbocycles. The molecule has 1 amide bonds. The molecule has 1 atom stereocenters. The first-order chi connectivity index (χ1) is 8.15. The summed E-state index contributed by atoms with van der Waals surface area (Å²) < 4.78 is 1.02. The van der Waals surface area contributed by atoms with Crippen molar-refractivity contribution in [2.45, 2.75) is 19.8 Å². The second kappa shape index (κ2) is 4.89. The van der Waals surface area contributed by atoms with Crippen molar-refractivity contribution in [2.24, 2.45) is 5.92 Å². The van der Waals surface area contributed by atoms with Gasteiger partial charge >= 0.3 is 0 Å². The summed E-state index contributed by atoms with van der Waals surface area (Å²) in [5.74, 6) is -0.121. The van der Waals surface area contributed by atoms with Crippen LogP contribution in [0.2, 0.25) is 0 Å². The number of anilines is 1. The Bertz CT molecular complexity index is 493. The zero-order chi connectivity index (χ0) is 12.4. The highest BCUT2D eigenvalue weighted by molar-refractivity contribution is 9.10. The molecule has 0 aliphatic carbocycles. The van der Waals surface area contributed by atoms with Gasteiger partial charge in [0.2, 0.25) is 5.91 Å². The van der Waals surface area contributed by atoms with Crippen molar-refractivity contribution in [3.8, 4) is 6.07 Å². The largest absolute Gasteiger partial charge is 0.311 e. The highest BCUT2D eigenvalue weighted by Gasteiger charge is 2.31. The number of rotatable bonds is 2. The molecule has 0 bridgehead atoms. The van der Waals surface area contributed by atoms with Gasteiger partial charge in [0.25, 0.3) is 0 Å². The number of nitriles is 1. The van der Waals surface area contributed by atoms with Gasteiger partial charge in [0, 0.05) is 23.1 Å². The first-order valence-electron chi connectivity index (χ1n) is 5.64. The van der Waals surface area contributed by atoms with Crippen LogP contribution in [0.15, 0.2) is 22.7 Å². The van der Waals surface area contributed by atoms with Gasteiger partial charge in [0.05, 0.1) is 12.0 Å². The van der Waals surface area contributed by atoms with Gasteiger partial charge in [-0.25, -0.2) is 0 Å². The third kappa shape index (κ3) is 2.34. The molecule has 0 aromatic heterocycles. The normalized spacial score (nSPS) is 19.5. The quantitative estimate of drug-likeness (QED) is 0.841. The van der Waals surface area contributed by atoms with Gasteiger partial charge in [-0.3, -0.25) is 4.79 Å². The number of carbonyl (C=O) groups is 1. The van der Waals surface area contributed by atoms with Gasteiger partial charge in [-0.2, -0.15) is 5.26 Å². The molecule has 4 heteroatoms. The number of amides is 1. The number of benzene rings is 1. The zero-order valence-electron chi connectivity index (χ0n) is 9.61. The standard InChI is InChI=1S/C13H13BrN2O/c1-2-10-6-11(14)3-4-12(10)16-8-9(7-15)5-13(16)17/h3-4,6,9H,2,5,8H2,1H3. The van der Waals surface area contributed by atoms with Crippen LogP contribution in [0.3, 0.4) is 0 Å². The average Bonchev–Trinajstić information content (AvgIpc) is 2.70. The van der Waals surface area contributed by atoms with Gasteiger partial charge in [0.1, 0.15) is 0 Å². The van der Waals surface area contributed by atoms with Crippen molar-refractivity contribution in [3.05, 3.63) is 28.2 Å². The summed E-state index contributed by atoms with van der Waals surface area (Å²) in [6.07, 6.45) is 1.21. The summed E-state index contributed by atoms with van der Waals surface area (Å²) in [4.78, 5) is 13.6. The monoisotopic (exact) mass is 292 g/mol. The fraction of sp³-hybridized carbons (Fsp3) is 0.385. The van der Waals surface area contributed by atoms with E-state index in [1.165, 1.54) is 0 Å². The van der Waals surface area contributed by atoms with Gasteiger partial charge in [-0.15, -0.1) is 0 Å². The van der Waals surface area contributed by atoms with Crippen molar-refractivity contribution in [3.63, 3.8) is 0 Å². The van der Waals surface area contributed by atoms with E-state index in [4.69, 9.17) is 5.26 Å². The Kier molecular flexibility index (Phi) is 3.49. The Morgan fingerprint density at radius 1 is 1.59 bits per heavy atom. The molecule has 0 spiro atoms. The van der Waals surface area contributed by atoms with Crippen LogP contribution in [0, 0.1) is 17.2 Å². The molecule has 88 valence electrons. The molecule has 0 radical (unpaired) electrons. The maximum atomic E-state index is 11.9. The Balaban J connectivity index is 2.35. The zero-order valence-corrected chi connectivity index (χ0v) is 11.2. The van der Waals surface area contributed by atoms with Crippen LogP contribution in [0.4, 0.5) is 5.69 Å². The molecule has 1 heterocycles. The van der Waals surface area contributed by atoms with Crippen LogP contribution >= 0.6 is 15.9 Å². The minimum atomic E-state index is -0.171. The van der Waals surface area contributed by atoms with Crippen molar-refractivity contribution < 1.29 is 4.79 Å². The minimum Gasteiger partial charge on any atom is -0.311 e. The number of hydrogen-bond acceptors (Lipinski definition) is 2. The lowest BCUT2D eigenvalue weighted by Gasteiger charge is -2.19. The van der Waals surface area contributed by atoms with Crippen molar-refractivity contribution >= 4 is 27.5 Å². The number of carbonyl (C=O) groups excluding carboxylic acids is 1. The van der Waals surface area contributed by atoms with Crippen LogP contribution < -0.4 is 4.90 Å². The molecule has 0 saturated carbocycles. The summed E-state index contributed by atoms with van der Waals surface area (Å²) in [7, 11) is 0. The number of hydrogen-bond donors (Lipinski definition) is 0. The molecular formula is C13H13BrN2O. The second-order valence-electron chi connectivity index (χ2n) is 4.16. The van der Waals surface area contributed by atoms with E-state index in [9.17, 15) is 4.79 Å². The topological polar surface area (TPSA) is 44.1 Å². The van der Waals surface area contributed by atoms with E-state index in [1.807, 2.05) is 18.2 Å². The number of aryl methyl sites for hydroxylation is 1. The fourth-order valence-corrected chi connectivity index (χ4v) is 2.54. The molecule has 3 nitrogen and oxygen atoms in total. The number of nitrogens with zero attached hydrogens (tertiary/aromatic N) is 2. The summed E-state index contributed by atoms with van der Waals surface area (Å²) in [6, 6.07) is 8.08. The molecule has 1 aliphatic heterocycles. The van der Waals surface area contributed by atoms with Crippen molar-refractivity contribution in [2.75, 3.05) is 11.4 Å². The molecule has 1 unspecified atom stereocenters. The lowest BCUT2D eigenvalue weighted by molar-refractivity contribution is -0.117. The van der Waals surface area contributed by atoms with Gasteiger partial charge < -0.3 is 4.90 Å². The van der Waals surface area contributed by atoms with E-state index in [-0.39, 0.29) is 11.8 Å². The SMILES string of the molecule is CCc1cc(Br)ccc1N1CC(C#N)CC1=O. The summed E-state index contributed by atoms with van der Waals surface area (Å²) in [5.41, 5.74) is 2.07. The van der Waals surface area contributed by atoms with Gasteiger partial charge in [-0.05, 0) is 30.2 Å². The first kappa shape index (κ1) is 12.1. The Hall–Kier alpha value is -1.34. The molecular weight excluding hydrogens is 280 g/mol. The Labute approximate surface area is 109 Å². The maximum Gasteiger partial charge on any atom is 0.228 e. The van der Waals surface area contributed by atoms with E-state index in [0.717, 1.165) is 22.1 Å². The molecule has 2 rings (SSSR count). The van der Waals surface area contributed by atoms with E-state index in [1.54, 1.807) is 4.90 Å². The van der Waals surface area contributed by atoms with Crippen LogP contribution in [0.25, 0.3) is 0 Å². The average molecular weight is 293 g/mol. The smallest absolute Gasteiger partial charge is 0.228 e. The minimum absolute atomic E-state index is 0.0496. The third-order valence-electron chi connectivity index (χ3n) is 3.02. The third-order valence-corrected chi connectivity index (χ3v) is 3.51. The van der Waals surface area contributed by atoms with E-state index >= 15 is 0 Å². The lowest BCUT2D eigenvalue weighted by atomic mass is 10.1. The van der Waals surface area contributed by atoms with E-state index in [2.05, 4.69) is 28.9 Å². The van der Waals surface area contributed by atoms with E-state index in [0.29, 0.717) is 13.0 Å². The molecule has 0 N–H and O–H groups in total. The van der Waals surface area contributed by atoms with Crippen molar-refractivity contribution in [1.29, 1.82) is 5.26 Å². The molecule has 17 heavy (non-hydrogen) atoms. The Morgan fingerprint density at radius 3 is 2.94 bits per heavy atom. The summed E-state index contributed by atoms with van der Waals surface area (Å²) in [5, 5.41) is 8.88. The predicted molar refractivity (Wildman–Crippen MR) is 69.6 cm³/mol. The van der Waals surface area contributed by atoms with Gasteiger partial charge in [-0.1, -0.05) is 22.9 Å². The van der Waals surface area contributed by atoms with E-state index < -0.39 is 0 Å². The highest BCUT2D eigenvalue weighted by Crippen LogP contribution is 2.30. The lowest BCUT2D eigenvalue weighted by Crippen LogP contribution is -2.25. The molecule has 1 saturated heterocycles. The van der Waals surface area contributed by atoms with Crippen LogP contribution in [-0.4, -0.2) is 12.5 Å². The highest BCUT2D eigenvalue weighted by atomic mass is 79.9. The molecule has 1 aromatic rings. The summed E-state index contributed by atoms with van der Waals surface area (Å²) in [6.45, 7) is 2.58. The van der Waals surface area contributed by atoms with Crippen molar-refractivity contribution in [1.82, 2.24) is 0 Å². The second-order valence-corrected chi connectivity index (χ2v) is 5.08. The summed E-state index contributed by atoms with van der Waals surface area (Å²) >= 11 is 3.43. The first-order valence-corrected chi connectivity index (χ1v) is 6.43. The fourth-order valence-electron chi connectivity index (χ4n) is 2.13. The van der Waals surface area contributed by atoms with Crippen LogP contribution in [0.1, 0.15) is 18.9 Å². The maximum absolute atomic E-state index is 11.9. The Morgan fingerprint density at radius 2 is 2.35 bits per heavy atom. The molecule has 1 aliphatic rings. The van der Waals surface area contributed by atoms with Crippen LogP contribution in [-0.2, 0) is 11.2 Å². The predicted octanol–water partition coefficient (Wildman–Crippen LogP) is 2.89. The molecule has 1 fully saturated rings. The number of halogens is 1. The van der Waals surface area contributed by atoms with Gasteiger partial charge in [0.15, 0.2) is 0 Å².